The van der Waals surface area contributed by atoms with Crippen LogP contribution in [0, 0.1) is 0 Å². The lowest BCUT2D eigenvalue weighted by molar-refractivity contribution is -0.120. The maximum Gasteiger partial charge on any atom is 0.224 e. The summed E-state index contributed by atoms with van der Waals surface area (Å²) in [5, 5.41) is 3.44. The number of nitrogens with one attached hydrogen (secondary N) is 1. The van der Waals surface area contributed by atoms with Crippen LogP contribution in [0.1, 0.15) is 11.1 Å². The molecule has 1 amide bonds. The van der Waals surface area contributed by atoms with E-state index in [0.29, 0.717) is 17.3 Å². The zero-order chi connectivity index (χ0) is 14.4. The molecule has 0 saturated heterocycles. The number of methoxy groups -OCH3 is 1. The maximum atomic E-state index is 11.9. The Bertz CT molecular complexity index is 588. The van der Waals surface area contributed by atoms with Crippen molar-refractivity contribution >= 4 is 17.5 Å². The van der Waals surface area contributed by atoms with Crippen LogP contribution in [0.4, 0.5) is 0 Å². The fraction of sp³-hybridized carbons (Fsp3) is 0.200. The predicted molar refractivity (Wildman–Crippen MR) is 77.8 cm³/mol. The van der Waals surface area contributed by atoms with E-state index in [4.69, 9.17) is 16.3 Å². The Balaban J connectivity index is 1.96. The highest BCUT2D eigenvalue weighted by atomic mass is 35.5. The summed E-state index contributed by atoms with van der Waals surface area (Å²) in [4.78, 5) is 15.9. The fourth-order valence-electron chi connectivity index (χ4n) is 1.82. The molecule has 104 valence electrons. The Hall–Kier alpha value is -2.07. The molecule has 1 N–H and O–H groups in total. The summed E-state index contributed by atoms with van der Waals surface area (Å²) < 4.78 is 5.22. The van der Waals surface area contributed by atoms with Gasteiger partial charge < -0.3 is 10.1 Å². The first-order valence-electron chi connectivity index (χ1n) is 6.17. The molecule has 0 aliphatic heterocycles. The molecule has 4 nitrogen and oxygen atoms in total. The maximum absolute atomic E-state index is 11.9. The van der Waals surface area contributed by atoms with Crippen molar-refractivity contribution in [3.8, 4) is 5.75 Å². The minimum absolute atomic E-state index is 0.0811. The summed E-state index contributed by atoms with van der Waals surface area (Å²) in [7, 11) is 1.57. The van der Waals surface area contributed by atoms with Gasteiger partial charge in [0.1, 0.15) is 5.75 Å². The second-order valence-electron chi connectivity index (χ2n) is 4.27. The number of hydrogen-bond acceptors (Lipinski definition) is 3. The van der Waals surface area contributed by atoms with Crippen molar-refractivity contribution in [1.29, 1.82) is 0 Å². The smallest absolute Gasteiger partial charge is 0.224 e. The van der Waals surface area contributed by atoms with Gasteiger partial charge in [-0.15, -0.1) is 0 Å². The van der Waals surface area contributed by atoms with Gasteiger partial charge >= 0.3 is 0 Å². The molecule has 2 aromatic rings. The standard InChI is InChI=1S/C15H15ClN2O2/c1-20-14-3-2-13(16)8-12(14)9-15(19)18-10-11-4-6-17-7-5-11/h2-8H,9-10H2,1H3,(H,18,19). The number of aromatic nitrogens is 1. The Labute approximate surface area is 122 Å². The molecule has 0 aliphatic rings. The molecule has 1 heterocycles. The van der Waals surface area contributed by atoms with E-state index < -0.39 is 0 Å². The Morgan fingerprint density at radius 3 is 2.75 bits per heavy atom. The van der Waals surface area contributed by atoms with Gasteiger partial charge in [0.2, 0.25) is 5.91 Å². The summed E-state index contributed by atoms with van der Waals surface area (Å²) in [6.07, 6.45) is 3.62. The monoisotopic (exact) mass is 290 g/mol. The summed E-state index contributed by atoms with van der Waals surface area (Å²) >= 11 is 5.94. The van der Waals surface area contributed by atoms with Gasteiger partial charge in [0.25, 0.3) is 0 Å². The zero-order valence-electron chi connectivity index (χ0n) is 11.1. The number of hydrogen-bond donors (Lipinski definition) is 1. The minimum Gasteiger partial charge on any atom is -0.496 e. The first kappa shape index (κ1) is 14.3. The number of nitrogens with zero attached hydrogens (tertiary/aromatic N) is 1. The largest absolute Gasteiger partial charge is 0.496 e. The third kappa shape index (κ3) is 3.96. The average molecular weight is 291 g/mol. The Morgan fingerprint density at radius 1 is 1.30 bits per heavy atom. The first-order valence-corrected chi connectivity index (χ1v) is 6.55. The first-order chi connectivity index (χ1) is 9.69. The number of amides is 1. The van der Waals surface area contributed by atoms with Crippen LogP contribution in [-0.4, -0.2) is 18.0 Å². The highest BCUT2D eigenvalue weighted by molar-refractivity contribution is 6.30. The van der Waals surface area contributed by atoms with E-state index in [0.717, 1.165) is 11.1 Å². The molecule has 0 unspecified atom stereocenters. The molecule has 2 rings (SSSR count). The van der Waals surface area contributed by atoms with E-state index in [1.165, 1.54) is 0 Å². The van der Waals surface area contributed by atoms with Gasteiger partial charge in [0.05, 0.1) is 13.5 Å². The van der Waals surface area contributed by atoms with Gasteiger partial charge in [-0.1, -0.05) is 11.6 Å². The van der Waals surface area contributed by atoms with Crippen LogP contribution in [0.25, 0.3) is 0 Å². The summed E-state index contributed by atoms with van der Waals surface area (Å²) in [6.45, 7) is 0.476. The molecule has 1 aromatic carbocycles. The number of carbonyl (C=O) groups excluding carboxylic acids is 1. The Morgan fingerprint density at radius 2 is 2.05 bits per heavy atom. The third-order valence-electron chi connectivity index (χ3n) is 2.83. The van der Waals surface area contributed by atoms with Gasteiger partial charge in [0, 0.05) is 29.5 Å². The molecule has 20 heavy (non-hydrogen) atoms. The predicted octanol–water partition coefficient (Wildman–Crippen LogP) is 2.60. The highest BCUT2D eigenvalue weighted by Crippen LogP contribution is 2.22. The molecule has 5 heteroatoms. The van der Waals surface area contributed by atoms with Gasteiger partial charge in [0.15, 0.2) is 0 Å². The lowest BCUT2D eigenvalue weighted by Crippen LogP contribution is -2.24. The van der Waals surface area contributed by atoms with Crippen molar-refractivity contribution in [2.45, 2.75) is 13.0 Å². The van der Waals surface area contributed by atoms with Gasteiger partial charge in [-0.05, 0) is 35.9 Å². The fourth-order valence-corrected chi connectivity index (χ4v) is 2.02. The SMILES string of the molecule is COc1ccc(Cl)cc1CC(=O)NCc1ccncc1. The number of halogens is 1. The van der Waals surface area contributed by atoms with Crippen LogP contribution in [0.15, 0.2) is 42.7 Å². The highest BCUT2D eigenvalue weighted by Gasteiger charge is 2.09. The van der Waals surface area contributed by atoms with E-state index in [1.54, 1.807) is 37.7 Å². The number of rotatable bonds is 5. The molecule has 0 saturated carbocycles. The molecule has 0 spiro atoms. The van der Waals surface area contributed by atoms with Crippen LogP contribution in [0.2, 0.25) is 5.02 Å². The van der Waals surface area contributed by atoms with E-state index in [1.807, 2.05) is 12.1 Å². The molecule has 0 aliphatic carbocycles. The van der Waals surface area contributed by atoms with Crippen molar-refractivity contribution in [3.05, 3.63) is 58.9 Å². The van der Waals surface area contributed by atoms with Gasteiger partial charge in [-0.25, -0.2) is 0 Å². The van der Waals surface area contributed by atoms with Crippen molar-refractivity contribution in [1.82, 2.24) is 10.3 Å². The van der Waals surface area contributed by atoms with E-state index in [2.05, 4.69) is 10.3 Å². The molecule has 0 fully saturated rings. The zero-order valence-corrected chi connectivity index (χ0v) is 11.9. The summed E-state index contributed by atoms with van der Waals surface area (Å²) in [5.41, 5.74) is 1.78. The second-order valence-corrected chi connectivity index (χ2v) is 4.70. The normalized spacial score (nSPS) is 10.1. The van der Waals surface area contributed by atoms with Crippen molar-refractivity contribution in [2.24, 2.45) is 0 Å². The lowest BCUT2D eigenvalue weighted by Gasteiger charge is -2.09. The molecule has 0 atom stereocenters. The molecule has 1 aromatic heterocycles. The van der Waals surface area contributed by atoms with Crippen LogP contribution in [0.3, 0.4) is 0 Å². The van der Waals surface area contributed by atoms with E-state index in [-0.39, 0.29) is 12.3 Å². The lowest BCUT2D eigenvalue weighted by atomic mass is 10.1. The molecule has 0 radical (unpaired) electrons. The molecule has 0 bridgehead atoms. The van der Waals surface area contributed by atoms with Crippen molar-refractivity contribution < 1.29 is 9.53 Å². The van der Waals surface area contributed by atoms with Crippen LogP contribution in [-0.2, 0) is 17.8 Å². The summed E-state index contributed by atoms with van der Waals surface area (Å²) in [6, 6.07) is 8.96. The second kappa shape index (κ2) is 6.91. The van der Waals surface area contributed by atoms with Crippen molar-refractivity contribution in [2.75, 3.05) is 7.11 Å². The van der Waals surface area contributed by atoms with Crippen LogP contribution < -0.4 is 10.1 Å². The van der Waals surface area contributed by atoms with Crippen molar-refractivity contribution in [3.63, 3.8) is 0 Å². The van der Waals surface area contributed by atoms with Gasteiger partial charge in [-0.3, -0.25) is 9.78 Å². The number of ether oxygens (including phenoxy) is 1. The molecular weight excluding hydrogens is 276 g/mol. The molecular formula is C15H15ClN2O2. The van der Waals surface area contributed by atoms with Gasteiger partial charge in [-0.2, -0.15) is 0 Å². The number of carbonyl (C=O) groups is 1. The van der Waals surface area contributed by atoms with Crippen LogP contribution >= 0.6 is 11.6 Å². The van der Waals surface area contributed by atoms with E-state index >= 15 is 0 Å². The average Bonchev–Trinajstić information content (AvgIpc) is 2.46. The topological polar surface area (TPSA) is 51.2 Å². The minimum atomic E-state index is -0.0811. The summed E-state index contributed by atoms with van der Waals surface area (Å²) in [5.74, 6) is 0.579. The quantitative estimate of drug-likeness (QED) is 0.921. The third-order valence-corrected chi connectivity index (χ3v) is 3.07. The van der Waals surface area contributed by atoms with E-state index in [9.17, 15) is 4.79 Å². The Kier molecular flexibility index (Phi) is 4.96. The number of pyridine rings is 1. The van der Waals surface area contributed by atoms with Crippen LogP contribution in [0.5, 0.6) is 5.75 Å². The number of benzene rings is 1.